The predicted molar refractivity (Wildman–Crippen MR) is 166 cm³/mol. The van der Waals surface area contributed by atoms with Gasteiger partial charge in [0, 0.05) is 27.5 Å². The summed E-state index contributed by atoms with van der Waals surface area (Å²) < 4.78 is 2.13. The van der Waals surface area contributed by atoms with E-state index in [1.807, 2.05) is 42.5 Å². The van der Waals surface area contributed by atoms with Crippen LogP contribution >= 0.6 is 0 Å². The lowest BCUT2D eigenvalue weighted by Gasteiger charge is -2.27. The summed E-state index contributed by atoms with van der Waals surface area (Å²) in [4.78, 5) is 10.3. The number of benzene rings is 3. The van der Waals surface area contributed by atoms with Gasteiger partial charge in [0.05, 0.1) is 16.9 Å². The number of hydrogen-bond acceptors (Lipinski definition) is 3. The van der Waals surface area contributed by atoms with Crippen LogP contribution in [0.5, 0.6) is 5.75 Å². The minimum Gasteiger partial charge on any atom is -0.507 e. The Balaban J connectivity index is 1.60. The first-order valence-electron chi connectivity index (χ1n) is 13.8. The number of pyridine rings is 2. The van der Waals surface area contributed by atoms with E-state index >= 15 is 0 Å². The molecule has 0 aliphatic rings. The topological polar surface area (TPSA) is 50.9 Å². The van der Waals surface area contributed by atoms with Crippen molar-refractivity contribution in [2.24, 2.45) is 0 Å². The molecule has 0 bridgehead atoms. The molecule has 0 saturated carbocycles. The van der Waals surface area contributed by atoms with Gasteiger partial charge in [-0.3, -0.25) is 4.57 Å². The first-order chi connectivity index (χ1) is 19.0. The molecule has 6 rings (SSSR count). The van der Waals surface area contributed by atoms with Gasteiger partial charge in [-0.1, -0.05) is 102 Å². The van der Waals surface area contributed by atoms with Gasteiger partial charge >= 0.3 is 0 Å². The highest BCUT2D eigenvalue weighted by Gasteiger charge is 2.26. The number of hydrogen-bond donors (Lipinski definition) is 1. The van der Waals surface area contributed by atoms with Crippen molar-refractivity contribution >= 4 is 21.9 Å². The molecule has 6 aromatic rings. The van der Waals surface area contributed by atoms with Gasteiger partial charge in [0.25, 0.3) is 0 Å². The first-order valence-corrected chi connectivity index (χ1v) is 13.8. The molecule has 0 aliphatic heterocycles. The highest BCUT2D eigenvalue weighted by molar-refractivity contribution is 6.08. The number of phenols is 1. The molecule has 0 radical (unpaired) electrons. The van der Waals surface area contributed by atoms with Crippen molar-refractivity contribution in [1.29, 1.82) is 0 Å². The number of aromatic nitrogens is 3. The van der Waals surface area contributed by atoms with E-state index in [1.165, 1.54) is 5.56 Å². The Hall–Kier alpha value is -4.44. The minimum absolute atomic E-state index is 0.0787. The van der Waals surface area contributed by atoms with Gasteiger partial charge in [-0.15, -0.1) is 0 Å². The van der Waals surface area contributed by atoms with Crippen molar-refractivity contribution in [3.63, 3.8) is 0 Å². The molecular weight excluding hydrogens is 490 g/mol. The monoisotopic (exact) mass is 525 g/mol. The molecule has 1 N–H and O–H groups in total. The van der Waals surface area contributed by atoms with Crippen LogP contribution in [0.2, 0.25) is 0 Å². The zero-order valence-electron chi connectivity index (χ0n) is 24.0. The van der Waals surface area contributed by atoms with Crippen LogP contribution < -0.4 is 0 Å². The third-order valence-corrected chi connectivity index (χ3v) is 7.62. The highest BCUT2D eigenvalue weighted by atomic mass is 16.3. The molecule has 0 unspecified atom stereocenters. The van der Waals surface area contributed by atoms with Crippen molar-refractivity contribution < 1.29 is 5.11 Å². The molecular formula is C36H35N3O. The van der Waals surface area contributed by atoms with Crippen molar-refractivity contribution in [1.82, 2.24) is 14.5 Å². The molecule has 4 nitrogen and oxygen atoms in total. The van der Waals surface area contributed by atoms with Crippen LogP contribution in [0.25, 0.3) is 50.3 Å². The summed E-state index contributed by atoms with van der Waals surface area (Å²) >= 11 is 0. The molecule has 0 saturated heterocycles. The zero-order valence-corrected chi connectivity index (χ0v) is 24.0. The minimum atomic E-state index is -0.220. The molecule has 0 fully saturated rings. The third kappa shape index (κ3) is 4.44. The van der Waals surface area contributed by atoms with Crippen LogP contribution in [-0.2, 0) is 10.8 Å². The summed E-state index contributed by atoms with van der Waals surface area (Å²) in [7, 11) is 0. The lowest BCUT2D eigenvalue weighted by Crippen LogP contribution is -2.17. The largest absolute Gasteiger partial charge is 0.507 e. The second kappa shape index (κ2) is 9.34. The van der Waals surface area contributed by atoms with Crippen LogP contribution in [0.4, 0.5) is 0 Å². The summed E-state index contributed by atoms with van der Waals surface area (Å²) in [6, 6.07) is 33.1. The zero-order chi connectivity index (χ0) is 28.2. The molecule has 3 aromatic heterocycles. The average molecular weight is 526 g/mol. The Morgan fingerprint density at radius 3 is 2.08 bits per heavy atom. The summed E-state index contributed by atoms with van der Waals surface area (Å²) in [6.45, 7) is 13.0. The van der Waals surface area contributed by atoms with Crippen molar-refractivity contribution in [2.45, 2.75) is 52.4 Å². The van der Waals surface area contributed by atoms with Gasteiger partial charge in [0.1, 0.15) is 17.2 Å². The number of nitrogens with zero attached hydrogens (tertiary/aromatic N) is 3. The van der Waals surface area contributed by atoms with Crippen LogP contribution in [-0.4, -0.2) is 19.6 Å². The maximum atomic E-state index is 11.5. The van der Waals surface area contributed by atoms with E-state index in [9.17, 15) is 5.11 Å². The Kier molecular flexibility index (Phi) is 6.03. The fourth-order valence-electron chi connectivity index (χ4n) is 5.37. The van der Waals surface area contributed by atoms with E-state index in [0.29, 0.717) is 0 Å². The molecule has 3 heterocycles. The summed E-state index contributed by atoms with van der Waals surface area (Å²) in [5.41, 5.74) is 7.16. The number of phenolic OH excluding ortho intramolecular Hbond substituents is 1. The summed E-state index contributed by atoms with van der Waals surface area (Å²) in [5, 5.41) is 13.7. The maximum absolute atomic E-state index is 11.5. The van der Waals surface area contributed by atoms with Crippen molar-refractivity contribution in [3.8, 4) is 34.1 Å². The Morgan fingerprint density at radius 2 is 1.35 bits per heavy atom. The molecule has 0 aliphatic carbocycles. The normalized spacial score (nSPS) is 12.3. The number of aromatic hydroxyl groups is 1. The molecule has 0 atom stereocenters. The van der Waals surface area contributed by atoms with Crippen molar-refractivity contribution in [3.05, 3.63) is 108 Å². The van der Waals surface area contributed by atoms with Crippen LogP contribution in [0, 0.1) is 0 Å². The second-order valence-electron chi connectivity index (χ2n) is 12.6. The molecule has 3 aromatic carbocycles. The molecule has 0 amide bonds. The predicted octanol–water partition coefficient (Wildman–Crippen LogP) is 9.21. The standard InChI is InChI=1S/C36H35N3O/c1-35(2,3)24-21-27(33(40)28(22-24)36(4,5)6)30-16-12-18-32(37-30)39-31-17-11-10-15-25(31)26-19-20-29(38-34(26)39)23-13-8-7-9-14-23/h7-22,40H,1-6H3. The molecule has 0 spiro atoms. The molecule has 200 valence electrons. The fraction of sp³-hybridized carbons (Fsp3) is 0.222. The number of fused-ring (bicyclic) bond motifs is 3. The van der Waals surface area contributed by atoms with E-state index in [2.05, 4.69) is 101 Å². The van der Waals surface area contributed by atoms with Gasteiger partial charge in [-0.05, 0) is 52.8 Å². The Morgan fingerprint density at radius 1 is 0.625 bits per heavy atom. The van der Waals surface area contributed by atoms with E-state index in [0.717, 1.165) is 55.8 Å². The van der Waals surface area contributed by atoms with Gasteiger partial charge in [0.15, 0.2) is 0 Å². The van der Waals surface area contributed by atoms with Gasteiger partial charge in [-0.25, -0.2) is 9.97 Å². The lowest BCUT2D eigenvalue weighted by molar-refractivity contribution is 0.446. The molecule has 40 heavy (non-hydrogen) atoms. The average Bonchev–Trinajstić information content (AvgIpc) is 3.26. The smallest absolute Gasteiger partial charge is 0.147 e. The van der Waals surface area contributed by atoms with E-state index in [4.69, 9.17) is 9.97 Å². The van der Waals surface area contributed by atoms with Crippen LogP contribution in [0.3, 0.4) is 0 Å². The van der Waals surface area contributed by atoms with Crippen molar-refractivity contribution in [2.75, 3.05) is 0 Å². The molecule has 4 heteroatoms. The van der Waals surface area contributed by atoms with Gasteiger partial charge in [-0.2, -0.15) is 0 Å². The summed E-state index contributed by atoms with van der Waals surface area (Å²) in [6.07, 6.45) is 0. The lowest BCUT2D eigenvalue weighted by atomic mass is 9.78. The second-order valence-corrected chi connectivity index (χ2v) is 12.6. The van der Waals surface area contributed by atoms with E-state index < -0.39 is 0 Å². The number of para-hydroxylation sites is 1. The van der Waals surface area contributed by atoms with Gasteiger partial charge < -0.3 is 5.11 Å². The fourth-order valence-corrected chi connectivity index (χ4v) is 5.37. The first kappa shape index (κ1) is 25.8. The van der Waals surface area contributed by atoms with Crippen LogP contribution in [0.15, 0.2) is 97.1 Å². The van der Waals surface area contributed by atoms with Crippen LogP contribution in [0.1, 0.15) is 52.7 Å². The Bertz CT molecular complexity index is 1870. The SMILES string of the molecule is CC(C)(C)c1cc(-c2cccc(-n3c4ccccc4c4ccc(-c5ccccc5)nc43)n2)c(O)c(C(C)(C)C)c1. The van der Waals surface area contributed by atoms with E-state index in [1.54, 1.807) is 0 Å². The Labute approximate surface area is 236 Å². The highest BCUT2D eigenvalue weighted by Crippen LogP contribution is 2.42. The summed E-state index contributed by atoms with van der Waals surface area (Å²) in [5.74, 6) is 1.05. The maximum Gasteiger partial charge on any atom is 0.147 e. The number of rotatable bonds is 3. The van der Waals surface area contributed by atoms with E-state index in [-0.39, 0.29) is 16.6 Å². The van der Waals surface area contributed by atoms with Gasteiger partial charge in [0.2, 0.25) is 0 Å². The third-order valence-electron chi connectivity index (χ3n) is 7.62. The quantitative estimate of drug-likeness (QED) is 0.250.